The standard InChI is InChI=1S/C24H24N4O3/c1-16(2)31-21-12-10-18(11-13-21)14-19(15-25)23(29)26-22-17(3)27(4)28(24(22)30)20-8-6-5-7-9-20/h5-14,16H,1-4H3,(H,26,29). The predicted molar refractivity (Wildman–Crippen MR) is 120 cm³/mol. The quantitative estimate of drug-likeness (QED) is 0.489. The van der Waals surface area contributed by atoms with Crippen molar-refractivity contribution in [1.82, 2.24) is 9.36 Å². The Morgan fingerprint density at radius 1 is 1.13 bits per heavy atom. The summed E-state index contributed by atoms with van der Waals surface area (Å²) >= 11 is 0. The van der Waals surface area contributed by atoms with E-state index in [-0.39, 0.29) is 22.9 Å². The van der Waals surface area contributed by atoms with E-state index in [0.29, 0.717) is 22.7 Å². The molecular weight excluding hydrogens is 392 g/mol. The van der Waals surface area contributed by atoms with Crippen LogP contribution in [0.1, 0.15) is 25.1 Å². The van der Waals surface area contributed by atoms with Crippen molar-refractivity contribution in [2.45, 2.75) is 26.9 Å². The molecule has 0 fully saturated rings. The number of para-hydroxylation sites is 1. The van der Waals surface area contributed by atoms with Gasteiger partial charge in [-0.05, 0) is 56.7 Å². The van der Waals surface area contributed by atoms with E-state index in [2.05, 4.69) is 5.32 Å². The normalized spacial score (nSPS) is 11.3. The Bertz CT molecular complexity index is 1210. The molecule has 2 aromatic carbocycles. The minimum absolute atomic E-state index is 0.0517. The third-order valence-corrected chi connectivity index (χ3v) is 4.72. The van der Waals surface area contributed by atoms with Crippen LogP contribution in [0.25, 0.3) is 11.8 Å². The van der Waals surface area contributed by atoms with Crippen LogP contribution in [0, 0.1) is 18.3 Å². The minimum atomic E-state index is -0.643. The lowest BCUT2D eigenvalue weighted by atomic mass is 10.1. The number of aromatic nitrogens is 2. The molecule has 0 aliphatic rings. The second-order valence-corrected chi connectivity index (χ2v) is 7.30. The van der Waals surface area contributed by atoms with Gasteiger partial charge >= 0.3 is 0 Å². The zero-order valence-corrected chi connectivity index (χ0v) is 17.9. The molecule has 1 aromatic heterocycles. The fourth-order valence-electron chi connectivity index (χ4n) is 3.12. The van der Waals surface area contributed by atoms with Gasteiger partial charge in [-0.2, -0.15) is 5.26 Å². The van der Waals surface area contributed by atoms with Crippen LogP contribution in [0.4, 0.5) is 5.69 Å². The van der Waals surface area contributed by atoms with Crippen molar-refractivity contribution >= 4 is 17.7 Å². The molecule has 0 aliphatic heterocycles. The van der Waals surface area contributed by atoms with Gasteiger partial charge in [-0.1, -0.05) is 30.3 Å². The van der Waals surface area contributed by atoms with Crippen molar-refractivity contribution in [3.05, 3.63) is 81.8 Å². The Labute approximate surface area is 180 Å². The summed E-state index contributed by atoms with van der Waals surface area (Å²) in [5, 5.41) is 12.1. The average Bonchev–Trinajstić information content (AvgIpc) is 2.96. The smallest absolute Gasteiger partial charge is 0.295 e. The van der Waals surface area contributed by atoms with Gasteiger partial charge in [0.1, 0.15) is 23.1 Å². The molecule has 3 aromatic rings. The SMILES string of the molecule is Cc1c(NC(=O)C(C#N)=Cc2ccc(OC(C)C)cc2)c(=O)n(-c2ccccc2)n1C. The molecule has 0 saturated carbocycles. The number of carbonyl (C=O) groups excluding carboxylic acids is 1. The van der Waals surface area contributed by atoms with Gasteiger partial charge in [0.2, 0.25) is 0 Å². The zero-order valence-electron chi connectivity index (χ0n) is 17.9. The first kappa shape index (κ1) is 21.7. The van der Waals surface area contributed by atoms with Gasteiger partial charge < -0.3 is 10.1 Å². The van der Waals surface area contributed by atoms with Crippen molar-refractivity contribution in [3.8, 4) is 17.5 Å². The van der Waals surface area contributed by atoms with Crippen molar-refractivity contribution in [2.24, 2.45) is 7.05 Å². The summed E-state index contributed by atoms with van der Waals surface area (Å²) in [5.41, 5.74) is 1.60. The van der Waals surface area contributed by atoms with Gasteiger partial charge in [-0.3, -0.25) is 14.3 Å². The largest absolute Gasteiger partial charge is 0.491 e. The molecule has 0 spiro atoms. The number of rotatable bonds is 6. The second kappa shape index (κ2) is 9.18. The van der Waals surface area contributed by atoms with E-state index in [4.69, 9.17) is 4.74 Å². The Morgan fingerprint density at radius 3 is 2.35 bits per heavy atom. The number of nitrogens with one attached hydrogen (secondary N) is 1. The second-order valence-electron chi connectivity index (χ2n) is 7.30. The highest BCUT2D eigenvalue weighted by molar-refractivity contribution is 6.09. The summed E-state index contributed by atoms with van der Waals surface area (Å²) in [6.07, 6.45) is 1.53. The molecule has 158 valence electrons. The van der Waals surface area contributed by atoms with Gasteiger partial charge in [0, 0.05) is 7.05 Å². The molecule has 1 heterocycles. The van der Waals surface area contributed by atoms with Gasteiger partial charge in [-0.15, -0.1) is 0 Å². The highest BCUT2D eigenvalue weighted by Crippen LogP contribution is 2.18. The molecule has 1 N–H and O–H groups in total. The van der Waals surface area contributed by atoms with Crippen molar-refractivity contribution in [3.63, 3.8) is 0 Å². The van der Waals surface area contributed by atoms with Crippen molar-refractivity contribution < 1.29 is 9.53 Å². The van der Waals surface area contributed by atoms with E-state index < -0.39 is 5.91 Å². The molecule has 0 atom stereocenters. The van der Waals surface area contributed by atoms with E-state index in [1.807, 2.05) is 38.1 Å². The highest BCUT2D eigenvalue weighted by Gasteiger charge is 2.19. The van der Waals surface area contributed by atoms with Crippen LogP contribution >= 0.6 is 0 Å². The van der Waals surface area contributed by atoms with E-state index in [9.17, 15) is 14.9 Å². The summed E-state index contributed by atoms with van der Waals surface area (Å²) in [4.78, 5) is 25.7. The highest BCUT2D eigenvalue weighted by atomic mass is 16.5. The predicted octanol–water partition coefficient (Wildman–Crippen LogP) is 3.82. The monoisotopic (exact) mass is 416 g/mol. The Morgan fingerprint density at radius 2 is 1.77 bits per heavy atom. The van der Waals surface area contributed by atoms with E-state index >= 15 is 0 Å². The maximum atomic E-state index is 13.0. The molecule has 0 aliphatic carbocycles. The molecule has 0 bridgehead atoms. The van der Waals surface area contributed by atoms with Gasteiger partial charge in [-0.25, -0.2) is 4.68 Å². The van der Waals surface area contributed by atoms with Crippen LogP contribution in [0.2, 0.25) is 0 Å². The summed E-state index contributed by atoms with van der Waals surface area (Å²) in [6.45, 7) is 5.60. The summed E-state index contributed by atoms with van der Waals surface area (Å²) in [5.74, 6) is 0.0625. The molecule has 1 amide bonds. The van der Waals surface area contributed by atoms with Crippen LogP contribution in [-0.2, 0) is 11.8 Å². The first-order valence-electron chi connectivity index (χ1n) is 9.85. The summed E-state index contributed by atoms with van der Waals surface area (Å²) in [6, 6.07) is 18.1. The first-order chi connectivity index (χ1) is 14.8. The van der Waals surface area contributed by atoms with Gasteiger partial charge in [0.25, 0.3) is 11.5 Å². The average molecular weight is 416 g/mol. The van der Waals surface area contributed by atoms with Crippen LogP contribution < -0.4 is 15.6 Å². The number of amides is 1. The fraction of sp³-hybridized carbons (Fsp3) is 0.208. The fourth-order valence-corrected chi connectivity index (χ4v) is 3.12. The molecule has 3 rings (SSSR count). The molecule has 0 saturated heterocycles. The van der Waals surface area contributed by atoms with Gasteiger partial charge in [0.15, 0.2) is 0 Å². The lowest BCUT2D eigenvalue weighted by Gasteiger charge is -2.09. The number of nitrogens with zero attached hydrogens (tertiary/aromatic N) is 3. The van der Waals surface area contributed by atoms with E-state index in [0.717, 1.165) is 0 Å². The maximum Gasteiger partial charge on any atom is 0.295 e. The number of hydrogen-bond acceptors (Lipinski definition) is 4. The molecule has 0 radical (unpaired) electrons. The lowest BCUT2D eigenvalue weighted by molar-refractivity contribution is -0.112. The molecule has 0 unspecified atom stereocenters. The first-order valence-corrected chi connectivity index (χ1v) is 9.85. The summed E-state index contributed by atoms with van der Waals surface area (Å²) in [7, 11) is 1.74. The van der Waals surface area contributed by atoms with E-state index in [1.165, 1.54) is 10.8 Å². The Balaban J connectivity index is 1.87. The summed E-state index contributed by atoms with van der Waals surface area (Å²) < 4.78 is 8.73. The van der Waals surface area contributed by atoms with Crippen LogP contribution in [0.15, 0.2) is 65.0 Å². The molecule has 7 heteroatoms. The zero-order chi connectivity index (χ0) is 22.5. The molecule has 31 heavy (non-hydrogen) atoms. The van der Waals surface area contributed by atoms with Crippen LogP contribution in [-0.4, -0.2) is 21.4 Å². The van der Waals surface area contributed by atoms with Crippen molar-refractivity contribution in [2.75, 3.05) is 5.32 Å². The number of ether oxygens (including phenoxy) is 1. The number of anilines is 1. The number of hydrogen-bond donors (Lipinski definition) is 1. The third-order valence-electron chi connectivity index (χ3n) is 4.72. The topological polar surface area (TPSA) is 89.1 Å². The maximum absolute atomic E-state index is 13.0. The van der Waals surface area contributed by atoms with E-state index in [1.54, 1.807) is 55.1 Å². The molecular formula is C24H24N4O3. The van der Waals surface area contributed by atoms with Crippen LogP contribution in [0.3, 0.4) is 0 Å². The van der Waals surface area contributed by atoms with Crippen LogP contribution in [0.5, 0.6) is 5.75 Å². The Hall–Kier alpha value is -4.05. The number of nitriles is 1. The number of carbonyl (C=O) groups is 1. The van der Waals surface area contributed by atoms with Crippen molar-refractivity contribution in [1.29, 1.82) is 5.26 Å². The lowest BCUT2D eigenvalue weighted by Crippen LogP contribution is -2.23. The third kappa shape index (κ3) is 4.75. The minimum Gasteiger partial charge on any atom is -0.491 e. The number of benzene rings is 2. The van der Waals surface area contributed by atoms with Gasteiger partial charge in [0.05, 0.1) is 17.5 Å². The Kier molecular flexibility index (Phi) is 6.41. The molecule has 7 nitrogen and oxygen atoms in total.